The highest BCUT2D eigenvalue weighted by Gasteiger charge is 2.27. The number of aliphatic hydroxyl groups excluding tert-OH is 1. The molecule has 2 fully saturated rings. The molecule has 32 heavy (non-hydrogen) atoms. The normalized spacial score (nSPS) is 21.1. The molecule has 5 rings (SSSR count). The van der Waals surface area contributed by atoms with Crippen LogP contribution in [0.25, 0.3) is 11.0 Å². The highest BCUT2D eigenvalue weighted by Crippen LogP contribution is 2.30. The lowest BCUT2D eigenvalue weighted by molar-refractivity contribution is -0.0591. The summed E-state index contributed by atoms with van der Waals surface area (Å²) in [5, 5.41) is 9.46. The van der Waals surface area contributed by atoms with Crippen LogP contribution < -0.4 is 0 Å². The first kappa shape index (κ1) is 21.1. The number of carbonyl (C=O) groups is 1. The summed E-state index contributed by atoms with van der Waals surface area (Å²) in [6.45, 7) is 4.35. The average molecular weight is 436 g/mol. The number of rotatable bonds is 7. The molecule has 0 unspecified atom stereocenters. The number of fused-ring (bicyclic) bond motifs is 1. The van der Waals surface area contributed by atoms with Gasteiger partial charge in [0.1, 0.15) is 5.82 Å². The molecule has 1 N–H and O–H groups in total. The van der Waals surface area contributed by atoms with E-state index in [1.54, 1.807) is 6.07 Å². The van der Waals surface area contributed by atoms with Crippen LogP contribution in [0.2, 0.25) is 0 Å². The summed E-state index contributed by atoms with van der Waals surface area (Å²) in [6, 6.07) is 13.8. The summed E-state index contributed by atoms with van der Waals surface area (Å²) in [5.41, 5.74) is 4.62. The molecule has 7 heteroatoms. The van der Waals surface area contributed by atoms with Crippen molar-refractivity contribution in [3.63, 3.8) is 0 Å². The van der Waals surface area contributed by atoms with Gasteiger partial charge in [0.05, 0.1) is 49.5 Å². The maximum absolute atomic E-state index is 12.1. The molecule has 0 amide bonds. The first-order valence-corrected chi connectivity index (χ1v) is 11.3. The fourth-order valence-electron chi connectivity index (χ4n) is 4.77. The molecule has 3 heterocycles. The van der Waals surface area contributed by atoms with E-state index < -0.39 is 0 Å². The first-order chi connectivity index (χ1) is 15.6. The van der Waals surface area contributed by atoms with Crippen molar-refractivity contribution >= 4 is 17.0 Å². The number of hydrogen-bond acceptors (Lipinski definition) is 6. The average Bonchev–Trinajstić information content (AvgIpc) is 3.40. The number of aliphatic hydroxyl groups is 1. The summed E-state index contributed by atoms with van der Waals surface area (Å²) >= 11 is 0. The molecule has 3 aromatic rings. The van der Waals surface area contributed by atoms with Crippen molar-refractivity contribution in [2.75, 3.05) is 26.8 Å². The highest BCUT2D eigenvalue weighted by atomic mass is 16.5. The zero-order valence-corrected chi connectivity index (χ0v) is 18.4. The second-order valence-corrected chi connectivity index (χ2v) is 8.74. The molecular formula is C25H29N3O4. The third-order valence-electron chi connectivity index (χ3n) is 6.67. The lowest BCUT2D eigenvalue weighted by Gasteiger charge is -2.28. The molecule has 0 spiro atoms. The SMILES string of the molecule is COC(=O)c1ccc2nc(CN3CC[C@@H](c4cccc(CO)c4)C3)n(C[C@@H]3CCO3)c2c1. The van der Waals surface area contributed by atoms with Gasteiger partial charge in [0.25, 0.3) is 0 Å². The summed E-state index contributed by atoms with van der Waals surface area (Å²) in [7, 11) is 1.40. The first-order valence-electron chi connectivity index (χ1n) is 11.3. The zero-order chi connectivity index (χ0) is 22.1. The van der Waals surface area contributed by atoms with E-state index in [2.05, 4.69) is 21.6 Å². The lowest BCUT2D eigenvalue weighted by Crippen LogP contribution is -2.32. The Hall–Kier alpha value is -2.74. The number of esters is 1. The van der Waals surface area contributed by atoms with Gasteiger partial charge in [0.15, 0.2) is 0 Å². The molecule has 0 radical (unpaired) electrons. The van der Waals surface area contributed by atoms with Crippen LogP contribution in [0.5, 0.6) is 0 Å². The maximum Gasteiger partial charge on any atom is 0.337 e. The van der Waals surface area contributed by atoms with Gasteiger partial charge >= 0.3 is 5.97 Å². The summed E-state index contributed by atoms with van der Waals surface area (Å²) in [4.78, 5) is 19.4. The Labute approximate surface area is 187 Å². The van der Waals surface area contributed by atoms with E-state index in [9.17, 15) is 9.90 Å². The van der Waals surface area contributed by atoms with Crippen molar-refractivity contribution in [2.24, 2.45) is 0 Å². The van der Waals surface area contributed by atoms with Gasteiger partial charge < -0.3 is 19.1 Å². The number of hydrogen-bond donors (Lipinski definition) is 1. The summed E-state index contributed by atoms with van der Waals surface area (Å²) in [5.74, 6) is 1.12. The quantitative estimate of drug-likeness (QED) is 0.575. The molecule has 0 aliphatic carbocycles. The van der Waals surface area contributed by atoms with Gasteiger partial charge in [-0.3, -0.25) is 4.90 Å². The number of ether oxygens (including phenoxy) is 2. The standard InChI is InChI=1S/C25H29N3O4/c1-31-25(30)19-5-6-22-23(12-19)28(14-21-8-10-32-21)24(26-22)15-27-9-7-20(13-27)18-4-2-3-17(11-18)16-29/h2-6,11-12,20-21,29H,7-10,13-16H2,1H3/t20-,21+/m1/s1. The van der Waals surface area contributed by atoms with Crippen LogP contribution in [0, 0.1) is 0 Å². The molecule has 0 saturated carbocycles. The van der Waals surface area contributed by atoms with E-state index in [1.807, 2.05) is 24.3 Å². The third-order valence-corrected chi connectivity index (χ3v) is 6.67. The van der Waals surface area contributed by atoms with Gasteiger partial charge in [0, 0.05) is 13.2 Å². The van der Waals surface area contributed by atoms with Crippen LogP contribution in [0.4, 0.5) is 0 Å². The number of methoxy groups -OCH3 is 1. The molecule has 168 valence electrons. The topological polar surface area (TPSA) is 76.8 Å². The fourth-order valence-corrected chi connectivity index (χ4v) is 4.77. The van der Waals surface area contributed by atoms with E-state index in [-0.39, 0.29) is 18.7 Å². The van der Waals surface area contributed by atoms with E-state index >= 15 is 0 Å². The predicted molar refractivity (Wildman–Crippen MR) is 120 cm³/mol. The highest BCUT2D eigenvalue weighted by molar-refractivity contribution is 5.93. The Balaban J connectivity index is 1.39. The summed E-state index contributed by atoms with van der Waals surface area (Å²) < 4.78 is 12.8. The number of benzene rings is 2. The molecule has 2 aliphatic heterocycles. The molecule has 7 nitrogen and oxygen atoms in total. The van der Waals surface area contributed by atoms with Gasteiger partial charge in [-0.1, -0.05) is 24.3 Å². The minimum absolute atomic E-state index is 0.0745. The van der Waals surface area contributed by atoms with Gasteiger partial charge in [-0.15, -0.1) is 0 Å². The molecule has 2 atom stereocenters. The number of nitrogens with zero attached hydrogens (tertiary/aromatic N) is 3. The summed E-state index contributed by atoms with van der Waals surface area (Å²) in [6.07, 6.45) is 2.33. The van der Waals surface area contributed by atoms with E-state index in [0.29, 0.717) is 11.5 Å². The maximum atomic E-state index is 12.1. The molecule has 2 aliphatic rings. The Bertz CT molecular complexity index is 1120. The molecule has 1 aromatic heterocycles. The minimum Gasteiger partial charge on any atom is -0.465 e. The number of imidazole rings is 1. The molecule has 2 aromatic carbocycles. The molecule has 2 saturated heterocycles. The van der Waals surface area contributed by atoms with Gasteiger partial charge in [-0.25, -0.2) is 9.78 Å². The van der Waals surface area contributed by atoms with Crippen LogP contribution in [0.3, 0.4) is 0 Å². The predicted octanol–water partition coefficient (Wildman–Crippen LogP) is 3.09. The van der Waals surface area contributed by atoms with Gasteiger partial charge in [0.2, 0.25) is 0 Å². The second-order valence-electron chi connectivity index (χ2n) is 8.74. The van der Waals surface area contributed by atoms with Crippen molar-refractivity contribution in [3.05, 3.63) is 65.0 Å². The number of likely N-dealkylation sites (tertiary alicyclic amines) is 1. The van der Waals surface area contributed by atoms with Crippen molar-refractivity contribution in [1.29, 1.82) is 0 Å². The zero-order valence-electron chi connectivity index (χ0n) is 18.4. The van der Waals surface area contributed by atoms with E-state index in [1.165, 1.54) is 12.7 Å². The molecular weight excluding hydrogens is 406 g/mol. The Kier molecular flexibility index (Phi) is 5.95. The van der Waals surface area contributed by atoms with Crippen molar-refractivity contribution in [2.45, 2.75) is 44.6 Å². The fraction of sp³-hybridized carbons (Fsp3) is 0.440. The molecule has 0 bridgehead atoms. The van der Waals surface area contributed by atoms with Gasteiger partial charge in [-0.05, 0) is 54.6 Å². The van der Waals surface area contributed by atoms with Crippen molar-refractivity contribution in [1.82, 2.24) is 14.5 Å². The van der Waals surface area contributed by atoms with E-state index in [0.717, 1.165) is 68.0 Å². The van der Waals surface area contributed by atoms with Gasteiger partial charge in [-0.2, -0.15) is 0 Å². The Morgan fingerprint density at radius 1 is 1.25 bits per heavy atom. The van der Waals surface area contributed by atoms with Crippen LogP contribution in [-0.4, -0.2) is 58.4 Å². The number of aromatic nitrogens is 2. The largest absolute Gasteiger partial charge is 0.465 e. The van der Waals surface area contributed by atoms with Crippen LogP contribution in [0.15, 0.2) is 42.5 Å². The minimum atomic E-state index is -0.339. The van der Waals surface area contributed by atoms with Crippen LogP contribution in [0.1, 0.15) is 46.1 Å². The van der Waals surface area contributed by atoms with Crippen molar-refractivity contribution in [3.8, 4) is 0 Å². The Morgan fingerprint density at radius 3 is 2.88 bits per heavy atom. The van der Waals surface area contributed by atoms with Crippen LogP contribution in [-0.2, 0) is 29.2 Å². The lowest BCUT2D eigenvalue weighted by atomic mass is 9.97. The van der Waals surface area contributed by atoms with Crippen molar-refractivity contribution < 1.29 is 19.4 Å². The van der Waals surface area contributed by atoms with E-state index in [4.69, 9.17) is 14.5 Å². The van der Waals surface area contributed by atoms with Crippen LogP contribution >= 0.6 is 0 Å². The number of carbonyl (C=O) groups excluding carboxylic acids is 1. The smallest absolute Gasteiger partial charge is 0.337 e. The Morgan fingerprint density at radius 2 is 2.12 bits per heavy atom. The monoisotopic (exact) mass is 435 g/mol. The third kappa shape index (κ3) is 4.16. The second kappa shape index (κ2) is 9.02.